The molecule has 0 bridgehead atoms. The molecule has 2 rings (SSSR count). The molecule has 0 aromatic carbocycles. The molecule has 2 heterocycles. The van der Waals surface area contributed by atoms with Crippen molar-refractivity contribution in [2.75, 3.05) is 12.3 Å². The van der Waals surface area contributed by atoms with Crippen molar-refractivity contribution in [1.29, 1.82) is 0 Å². The van der Waals surface area contributed by atoms with Crippen molar-refractivity contribution >= 4 is 11.6 Å². The summed E-state index contributed by atoms with van der Waals surface area (Å²) in [7, 11) is 1.86. The number of carbonyl (C=O) groups is 1. The Balaban J connectivity index is 1.81. The van der Waals surface area contributed by atoms with E-state index in [-0.39, 0.29) is 5.91 Å². The second kappa shape index (κ2) is 4.73. The number of anilines is 1. The van der Waals surface area contributed by atoms with Gasteiger partial charge in [-0.1, -0.05) is 0 Å². The van der Waals surface area contributed by atoms with E-state index in [0.717, 1.165) is 12.0 Å². The third-order valence-electron chi connectivity index (χ3n) is 2.41. The molecular weight excluding hydrogens is 218 g/mol. The highest BCUT2D eigenvalue weighted by molar-refractivity contribution is 5.93. The first-order valence-corrected chi connectivity index (χ1v) is 5.35. The van der Waals surface area contributed by atoms with Crippen LogP contribution < -0.4 is 11.1 Å². The molecule has 0 unspecified atom stereocenters. The summed E-state index contributed by atoms with van der Waals surface area (Å²) in [5, 5.41) is 6.86. The molecule has 0 aliphatic rings. The predicted octanol–water partition coefficient (Wildman–Crippen LogP) is 0.303. The van der Waals surface area contributed by atoms with Gasteiger partial charge in [-0.3, -0.25) is 9.48 Å². The van der Waals surface area contributed by atoms with Gasteiger partial charge in [-0.2, -0.15) is 5.10 Å². The van der Waals surface area contributed by atoms with Gasteiger partial charge in [0.15, 0.2) is 0 Å². The average Bonchev–Trinajstić information content (AvgIpc) is 2.88. The molecule has 0 fully saturated rings. The number of carbonyl (C=O) groups excluding carboxylic acids is 1. The van der Waals surface area contributed by atoms with E-state index in [2.05, 4.69) is 15.4 Å². The van der Waals surface area contributed by atoms with Crippen LogP contribution in [0.4, 0.5) is 5.69 Å². The Labute approximate surface area is 98.8 Å². The zero-order chi connectivity index (χ0) is 12.3. The fourth-order valence-electron chi connectivity index (χ4n) is 1.56. The topological polar surface area (TPSA) is 88.7 Å². The van der Waals surface area contributed by atoms with Crippen LogP contribution in [0.2, 0.25) is 0 Å². The lowest BCUT2D eigenvalue weighted by Crippen LogP contribution is -2.25. The molecule has 0 radical (unpaired) electrons. The Bertz CT molecular complexity index is 513. The van der Waals surface area contributed by atoms with Gasteiger partial charge in [0.2, 0.25) is 0 Å². The van der Waals surface area contributed by atoms with Crippen molar-refractivity contribution in [3.05, 3.63) is 35.9 Å². The van der Waals surface area contributed by atoms with Gasteiger partial charge < -0.3 is 16.0 Å². The monoisotopic (exact) mass is 233 g/mol. The van der Waals surface area contributed by atoms with Crippen LogP contribution >= 0.6 is 0 Å². The highest BCUT2D eigenvalue weighted by atomic mass is 16.1. The molecule has 6 nitrogen and oxygen atoms in total. The minimum Gasteiger partial charge on any atom is -0.397 e. The molecule has 0 saturated heterocycles. The molecule has 1 amide bonds. The number of aromatic nitrogens is 3. The zero-order valence-corrected chi connectivity index (χ0v) is 9.60. The lowest BCUT2D eigenvalue weighted by atomic mass is 10.2. The summed E-state index contributed by atoms with van der Waals surface area (Å²) in [6.07, 6.45) is 6.07. The number of rotatable bonds is 4. The van der Waals surface area contributed by atoms with E-state index in [4.69, 9.17) is 5.73 Å². The summed E-state index contributed by atoms with van der Waals surface area (Å²) in [4.78, 5) is 14.4. The van der Waals surface area contributed by atoms with E-state index < -0.39 is 0 Å². The van der Waals surface area contributed by atoms with Crippen molar-refractivity contribution in [3.8, 4) is 0 Å². The molecule has 2 aromatic heterocycles. The van der Waals surface area contributed by atoms with E-state index in [1.54, 1.807) is 23.1 Å². The van der Waals surface area contributed by atoms with E-state index in [0.29, 0.717) is 17.9 Å². The van der Waals surface area contributed by atoms with E-state index in [9.17, 15) is 4.79 Å². The fourth-order valence-corrected chi connectivity index (χ4v) is 1.56. The highest BCUT2D eigenvalue weighted by Gasteiger charge is 2.06. The van der Waals surface area contributed by atoms with Crippen molar-refractivity contribution in [3.63, 3.8) is 0 Å². The Morgan fingerprint density at radius 1 is 1.65 bits per heavy atom. The third kappa shape index (κ3) is 2.87. The minimum absolute atomic E-state index is 0.148. The van der Waals surface area contributed by atoms with Gasteiger partial charge in [0.1, 0.15) is 5.69 Å². The Morgan fingerprint density at radius 3 is 3.06 bits per heavy atom. The second-order valence-electron chi connectivity index (χ2n) is 3.87. The summed E-state index contributed by atoms with van der Waals surface area (Å²) >= 11 is 0. The van der Waals surface area contributed by atoms with Crippen molar-refractivity contribution in [1.82, 2.24) is 20.1 Å². The van der Waals surface area contributed by atoms with Crippen LogP contribution in [-0.4, -0.2) is 27.2 Å². The van der Waals surface area contributed by atoms with Gasteiger partial charge in [0.25, 0.3) is 5.91 Å². The summed E-state index contributed by atoms with van der Waals surface area (Å²) in [6, 6.07) is 1.61. The third-order valence-corrected chi connectivity index (χ3v) is 2.41. The Morgan fingerprint density at radius 2 is 2.47 bits per heavy atom. The summed E-state index contributed by atoms with van der Waals surface area (Å²) in [6.45, 7) is 0.573. The zero-order valence-electron chi connectivity index (χ0n) is 9.60. The molecule has 2 aromatic rings. The first-order valence-electron chi connectivity index (χ1n) is 5.35. The standard InChI is InChI=1S/C11H15N5O/c1-16-7-8(5-15-16)2-3-13-11(17)10-4-9(12)6-14-10/h4-7,14H,2-3,12H2,1H3,(H,13,17). The molecule has 0 saturated carbocycles. The number of hydrogen-bond acceptors (Lipinski definition) is 3. The van der Waals surface area contributed by atoms with Crippen molar-refractivity contribution in [2.24, 2.45) is 7.05 Å². The summed E-state index contributed by atoms with van der Waals surface area (Å²) < 4.78 is 1.74. The molecule has 90 valence electrons. The number of nitrogens with two attached hydrogens (primary N) is 1. The molecule has 6 heteroatoms. The molecule has 0 spiro atoms. The number of aryl methyl sites for hydroxylation is 1. The maximum Gasteiger partial charge on any atom is 0.267 e. The molecular formula is C11H15N5O. The largest absolute Gasteiger partial charge is 0.397 e. The number of nitrogen functional groups attached to an aromatic ring is 1. The van der Waals surface area contributed by atoms with Crippen LogP contribution in [0.15, 0.2) is 24.7 Å². The molecule has 17 heavy (non-hydrogen) atoms. The number of nitrogens with zero attached hydrogens (tertiary/aromatic N) is 2. The smallest absolute Gasteiger partial charge is 0.267 e. The van der Waals surface area contributed by atoms with Crippen molar-refractivity contribution in [2.45, 2.75) is 6.42 Å². The quantitative estimate of drug-likeness (QED) is 0.709. The minimum atomic E-state index is -0.148. The highest BCUT2D eigenvalue weighted by Crippen LogP contribution is 2.04. The van der Waals surface area contributed by atoms with Crippen LogP contribution in [0.25, 0.3) is 0 Å². The summed E-state index contributed by atoms with van der Waals surface area (Å²) in [5.41, 5.74) is 7.65. The first kappa shape index (κ1) is 11.3. The van der Waals surface area contributed by atoms with Gasteiger partial charge >= 0.3 is 0 Å². The van der Waals surface area contributed by atoms with Gasteiger partial charge in [-0.25, -0.2) is 0 Å². The first-order chi connectivity index (χ1) is 8.15. The fraction of sp³-hybridized carbons (Fsp3) is 0.273. The van der Waals surface area contributed by atoms with Crippen LogP contribution in [0.3, 0.4) is 0 Å². The lowest BCUT2D eigenvalue weighted by Gasteiger charge is -2.01. The molecule has 0 aliphatic carbocycles. The molecule has 0 aliphatic heterocycles. The molecule has 0 atom stereocenters. The maximum absolute atomic E-state index is 11.6. The van der Waals surface area contributed by atoms with E-state index in [1.165, 1.54) is 0 Å². The number of amides is 1. The molecule has 4 N–H and O–H groups in total. The van der Waals surface area contributed by atoms with Gasteiger partial charge in [0, 0.05) is 31.7 Å². The van der Waals surface area contributed by atoms with Crippen molar-refractivity contribution < 1.29 is 4.79 Å². The number of H-pyrrole nitrogens is 1. The SMILES string of the molecule is Cn1cc(CCNC(=O)c2cc(N)c[nH]2)cn1. The number of aromatic amines is 1. The van der Waals surface area contributed by atoms with Crippen LogP contribution in [0.1, 0.15) is 16.1 Å². The lowest BCUT2D eigenvalue weighted by molar-refractivity contribution is 0.0950. The maximum atomic E-state index is 11.6. The van der Waals surface area contributed by atoms with Gasteiger partial charge in [-0.15, -0.1) is 0 Å². The van der Waals surface area contributed by atoms with E-state index in [1.807, 2.05) is 13.2 Å². The second-order valence-corrected chi connectivity index (χ2v) is 3.87. The van der Waals surface area contributed by atoms with Gasteiger partial charge in [0.05, 0.1) is 6.20 Å². The predicted molar refractivity (Wildman–Crippen MR) is 64.5 cm³/mol. The van der Waals surface area contributed by atoms with Crippen LogP contribution in [0, 0.1) is 0 Å². The number of nitrogens with one attached hydrogen (secondary N) is 2. The van der Waals surface area contributed by atoms with Gasteiger partial charge in [-0.05, 0) is 18.1 Å². The Hall–Kier alpha value is -2.24. The summed E-state index contributed by atoms with van der Waals surface area (Å²) in [5.74, 6) is -0.148. The van der Waals surface area contributed by atoms with Crippen LogP contribution in [-0.2, 0) is 13.5 Å². The van der Waals surface area contributed by atoms with Crippen LogP contribution in [0.5, 0.6) is 0 Å². The average molecular weight is 233 g/mol. The Kier molecular flexibility index (Phi) is 3.13. The normalized spacial score (nSPS) is 10.4. The van der Waals surface area contributed by atoms with E-state index >= 15 is 0 Å². The number of hydrogen-bond donors (Lipinski definition) is 3.